The number of hydrogen-bond acceptors (Lipinski definition) is 6. The molecule has 1 aliphatic rings. The molecule has 0 fully saturated rings. The van der Waals surface area contributed by atoms with Crippen molar-refractivity contribution in [1.82, 2.24) is 20.0 Å². The molecule has 0 radical (unpaired) electrons. The Hall–Kier alpha value is -2.87. The normalized spacial score (nSPS) is 16.1. The van der Waals surface area contributed by atoms with Gasteiger partial charge < -0.3 is 19.9 Å². The quantitative estimate of drug-likeness (QED) is 0.130. The lowest BCUT2D eigenvalue weighted by atomic mass is 9.89. The molecule has 0 aromatic heterocycles. The number of ether oxygens (including phenoxy) is 1. The zero-order valence-electron chi connectivity index (χ0n) is 26.3. The van der Waals surface area contributed by atoms with Gasteiger partial charge in [0.1, 0.15) is 0 Å². The van der Waals surface area contributed by atoms with E-state index in [2.05, 4.69) is 64.7 Å². The van der Waals surface area contributed by atoms with Crippen molar-refractivity contribution in [2.24, 2.45) is 11.8 Å². The Morgan fingerprint density at radius 1 is 1.02 bits per heavy atom. The Kier molecular flexibility index (Phi) is 15.0. The zero-order chi connectivity index (χ0) is 30.6. The third-order valence-corrected chi connectivity index (χ3v) is 7.90. The van der Waals surface area contributed by atoms with Crippen LogP contribution in [0.2, 0.25) is 0 Å². The molecule has 3 amide bonds. The smallest absolute Gasteiger partial charge is 0.253 e. The molecule has 1 rings (SSSR count). The minimum Gasteiger partial charge on any atom is -0.382 e. The predicted molar refractivity (Wildman–Crippen MR) is 163 cm³/mol. The predicted octanol–water partition coefficient (Wildman–Crippen LogP) is 4.90. The molecule has 1 heterocycles. The van der Waals surface area contributed by atoms with Gasteiger partial charge in [-0.15, -0.1) is 6.58 Å². The van der Waals surface area contributed by atoms with Gasteiger partial charge in [-0.05, 0) is 38.0 Å². The van der Waals surface area contributed by atoms with Gasteiger partial charge >= 0.3 is 0 Å². The number of carbonyl (C=O) groups is 3. The average Bonchev–Trinajstić information content (AvgIpc) is 3.22. The van der Waals surface area contributed by atoms with Gasteiger partial charge in [0.15, 0.2) is 0 Å². The van der Waals surface area contributed by atoms with Gasteiger partial charge in [0.2, 0.25) is 5.91 Å². The lowest BCUT2D eigenvalue weighted by Gasteiger charge is -2.40. The van der Waals surface area contributed by atoms with Gasteiger partial charge in [-0.25, -0.2) is 0 Å². The minimum absolute atomic E-state index is 0.0116. The van der Waals surface area contributed by atoms with Crippen molar-refractivity contribution in [3.8, 4) is 0 Å². The van der Waals surface area contributed by atoms with E-state index in [1.54, 1.807) is 12.0 Å². The van der Waals surface area contributed by atoms with Gasteiger partial charge in [0.25, 0.3) is 11.8 Å². The summed E-state index contributed by atoms with van der Waals surface area (Å²) in [6, 6.07) is -0.0191. The Morgan fingerprint density at radius 2 is 1.62 bits per heavy atom. The number of imide groups is 1. The lowest BCUT2D eigenvalue weighted by Crippen LogP contribution is -2.48. The van der Waals surface area contributed by atoms with E-state index in [0.717, 1.165) is 36.2 Å². The molecular weight excluding hydrogens is 504 g/mol. The van der Waals surface area contributed by atoms with E-state index in [-0.39, 0.29) is 41.8 Å². The van der Waals surface area contributed by atoms with Gasteiger partial charge in [-0.2, -0.15) is 0 Å². The summed E-state index contributed by atoms with van der Waals surface area (Å²) in [5, 5.41) is 3.44. The molecular formula is C32H54N4O4. The fourth-order valence-corrected chi connectivity index (χ4v) is 5.37. The van der Waals surface area contributed by atoms with Gasteiger partial charge in [-0.1, -0.05) is 59.3 Å². The molecule has 1 N–H and O–H groups in total. The summed E-state index contributed by atoms with van der Waals surface area (Å²) in [4.78, 5) is 41.6. The summed E-state index contributed by atoms with van der Waals surface area (Å²) in [5.74, 6) is 0.0880. The molecule has 40 heavy (non-hydrogen) atoms. The van der Waals surface area contributed by atoms with E-state index in [4.69, 9.17) is 4.74 Å². The van der Waals surface area contributed by atoms with Crippen molar-refractivity contribution < 1.29 is 19.1 Å². The standard InChI is InChI=1S/C32H54N4O4/c1-12-24(6)32(27(40-11)20-22(2)3)34(9)25(7)21-33-26(8)31(23(4)5)35(10)28(37)16-14-13-15-19-36-29(38)17-18-30(36)39/h17-18,23-24,27,31-33H,2,7-8,12-16,19-21H2,1,3-6,9-11H3/t24-,27+,31?,32-/m0/s1. The number of nitrogens with one attached hydrogen (secondary N) is 1. The number of nitrogens with zero attached hydrogens (tertiary/aromatic N) is 3. The van der Waals surface area contributed by atoms with Crippen molar-refractivity contribution in [2.45, 2.75) is 91.3 Å². The van der Waals surface area contributed by atoms with Crippen LogP contribution in [0.4, 0.5) is 0 Å². The van der Waals surface area contributed by atoms with Crippen LogP contribution in [-0.2, 0) is 19.1 Å². The summed E-state index contributed by atoms with van der Waals surface area (Å²) in [5.41, 5.74) is 2.80. The molecule has 0 aromatic rings. The largest absolute Gasteiger partial charge is 0.382 e. The van der Waals surface area contributed by atoms with Crippen molar-refractivity contribution in [2.75, 3.05) is 34.3 Å². The fraction of sp³-hybridized carbons (Fsp3) is 0.656. The highest BCUT2D eigenvalue weighted by molar-refractivity contribution is 6.12. The lowest BCUT2D eigenvalue weighted by molar-refractivity contribution is -0.137. The summed E-state index contributed by atoms with van der Waals surface area (Å²) in [7, 11) is 5.65. The number of amides is 3. The SMILES string of the molecule is C=C(C)C[C@@H](OC)[C@H]([C@@H](C)CC)N(C)C(=C)CNC(=C)C(C(C)C)N(C)C(=O)CCCCCN1C(=O)C=CC1=O. The van der Waals surface area contributed by atoms with Crippen molar-refractivity contribution >= 4 is 17.7 Å². The van der Waals surface area contributed by atoms with Crippen LogP contribution >= 0.6 is 0 Å². The maximum absolute atomic E-state index is 13.0. The highest BCUT2D eigenvalue weighted by atomic mass is 16.5. The van der Waals surface area contributed by atoms with Crippen LogP contribution in [0.1, 0.15) is 73.1 Å². The molecule has 0 bridgehead atoms. The second-order valence-corrected chi connectivity index (χ2v) is 11.5. The molecule has 1 aliphatic heterocycles. The third kappa shape index (κ3) is 10.3. The number of methoxy groups -OCH3 is 1. The van der Waals surface area contributed by atoms with Crippen LogP contribution in [0, 0.1) is 11.8 Å². The van der Waals surface area contributed by atoms with Crippen LogP contribution in [0.3, 0.4) is 0 Å². The van der Waals surface area contributed by atoms with Crippen LogP contribution in [0.25, 0.3) is 0 Å². The second-order valence-electron chi connectivity index (χ2n) is 11.5. The number of hydrogen-bond donors (Lipinski definition) is 1. The number of rotatable bonds is 20. The van der Waals surface area contributed by atoms with Gasteiger partial charge in [0.05, 0.1) is 24.7 Å². The Morgan fingerprint density at radius 3 is 2.12 bits per heavy atom. The minimum atomic E-state index is -0.263. The van der Waals surface area contributed by atoms with E-state index in [1.807, 2.05) is 14.0 Å². The van der Waals surface area contributed by atoms with Crippen LogP contribution < -0.4 is 5.32 Å². The summed E-state index contributed by atoms with van der Waals surface area (Å²) >= 11 is 0. The molecule has 0 spiro atoms. The first-order valence-electron chi connectivity index (χ1n) is 14.6. The number of likely N-dealkylation sites (N-methyl/N-ethyl adjacent to an activating group) is 2. The highest BCUT2D eigenvalue weighted by Crippen LogP contribution is 2.26. The van der Waals surface area contributed by atoms with E-state index < -0.39 is 0 Å². The maximum Gasteiger partial charge on any atom is 0.253 e. The molecule has 0 saturated carbocycles. The van der Waals surface area contributed by atoms with Crippen molar-refractivity contribution in [3.63, 3.8) is 0 Å². The average molecular weight is 559 g/mol. The summed E-state index contributed by atoms with van der Waals surface area (Å²) in [6.45, 7) is 24.3. The molecule has 226 valence electrons. The van der Waals surface area contributed by atoms with Crippen molar-refractivity contribution in [1.29, 1.82) is 0 Å². The fourth-order valence-electron chi connectivity index (χ4n) is 5.37. The topological polar surface area (TPSA) is 82.2 Å². The van der Waals surface area contributed by atoms with Crippen LogP contribution in [-0.4, -0.2) is 84.9 Å². The van der Waals surface area contributed by atoms with E-state index in [0.29, 0.717) is 38.3 Å². The summed E-state index contributed by atoms with van der Waals surface area (Å²) in [6.07, 6.45) is 6.96. The molecule has 8 nitrogen and oxygen atoms in total. The first-order valence-corrected chi connectivity index (χ1v) is 14.6. The maximum atomic E-state index is 13.0. The molecule has 0 aromatic carbocycles. The van der Waals surface area contributed by atoms with E-state index in [9.17, 15) is 14.4 Å². The van der Waals surface area contributed by atoms with Crippen LogP contribution in [0.15, 0.2) is 48.9 Å². The van der Waals surface area contributed by atoms with Crippen LogP contribution in [0.5, 0.6) is 0 Å². The molecule has 0 aliphatic carbocycles. The molecule has 1 unspecified atom stereocenters. The Labute approximate surface area is 243 Å². The molecule has 4 atom stereocenters. The number of carbonyl (C=O) groups excluding carboxylic acids is 3. The van der Waals surface area contributed by atoms with Crippen molar-refractivity contribution in [3.05, 3.63) is 48.9 Å². The summed E-state index contributed by atoms with van der Waals surface area (Å²) < 4.78 is 5.89. The van der Waals surface area contributed by atoms with E-state index >= 15 is 0 Å². The molecule has 8 heteroatoms. The zero-order valence-corrected chi connectivity index (χ0v) is 26.3. The number of unbranched alkanes of at least 4 members (excludes halogenated alkanes) is 2. The second kappa shape index (κ2) is 17.1. The Balaban J connectivity index is 2.68. The Bertz CT molecular complexity index is 923. The van der Waals surface area contributed by atoms with Gasteiger partial charge in [0, 0.05) is 57.7 Å². The third-order valence-electron chi connectivity index (χ3n) is 7.90. The monoisotopic (exact) mass is 558 g/mol. The molecule has 0 saturated heterocycles. The van der Waals surface area contributed by atoms with E-state index in [1.165, 1.54) is 17.1 Å². The first kappa shape index (κ1) is 35.2. The highest BCUT2D eigenvalue weighted by Gasteiger charge is 2.31. The van der Waals surface area contributed by atoms with Gasteiger partial charge in [-0.3, -0.25) is 19.3 Å². The first-order chi connectivity index (χ1) is 18.8.